The van der Waals surface area contributed by atoms with Gasteiger partial charge in [0.1, 0.15) is 5.75 Å². The van der Waals surface area contributed by atoms with E-state index in [0.29, 0.717) is 0 Å². The number of halogens is 1. The molecule has 0 aromatic heterocycles. The summed E-state index contributed by atoms with van der Waals surface area (Å²) in [6.07, 6.45) is 0. The first-order valence-corrected chi connectivity index (χ1v) is 5.50. The van der Waals surface area contributed by atoms with Crippen molar-refractivity contribution in [1.82, 2.24) is 4.72 Å². The van der Waals surface area contributed by atoms with E-state index in [9.17, 15) is 8.42 Å². The first-order chi connectivity index (χ1) is 6.44. The van der Waals surface area contributed by atoms with Crippen LogP contribution in [0.4, 0.5) is 5.69 Å². The van der Waals surface area contributed by atoms with Gasteiger partial charge in [0.2, 0.25) is 0 Å². The molecule has 0 spiro atoms. The molecule has 3 N–H and O–H groups in total. The Morgan fingerprint density at radius 2 is 2.07 bits per heavy atom. The van der Waals surface area contributed by atoms with Crippen molar-refractivity contribution < 1.29 is 13.5 Å². The molecule has 0 bridgehead atoms. The van der Waals surface area contributed by atoms with E-state index < -0.39 is 10.2 Å². The van der Waals surface area contributed by atoms with Crippen molar-refractivity contribution in [3.05, 3.63) is 23.2 Å². The Bertz CT molecular complexity index is 433. The van der Waals surface area contributed by atoms with Crippen molar-refractivity contribution in [2.24, 2.45) is 0 Å². The summed E-state index contributed by atoms with van der Waals surface area (Å²) < 4.78 is 26.4. The Morgan fingerprint density at radius 1 is 1.43 bits per heavy atom. The van der Waals surface area contributed by atoms with Crippen molar-refractivity contribution in [2.75, 3.05) is 11.8 Å². The van der Waals surface area contributed by atoms with Crippen molar-refractivity contribution in [3.63, 3.8) is 0 Å². The molecule has 1 aromatic carbocycles. The average Bonchev–Trinajstić information content (AvgIpc) is 2.11. The second-order valence-electron chi connectivity index (χ2n) is 2.48. The molecule has 1 rings (SSSR count). The Hall–Kier alpha value is -0.980. The van der Waals surface area contributed by atoms with E-state index in [1.54, 1.807) is 0 Å². The van der Waals surface area contributed by atoms with Crippen LogP contribution in [0.1, 0.15) is 0 Å². The highest BCUT2D eigenvalue weighted by atomic mass is 35.5. The highest BCUT2D eigenvalue weighted by Crippen LogP contribution is 2.26. The minimum atomic E-state index is -3.54. The third kappa shape index (κ3) is 2.76. The summed E-state index contributed by atoms with van der Waals surface area (Å²) in [4.78, 5) is 0. The zero-order valence-corrected chi connectivity index (χ0v) is 8.85. The van der Waals surface area contributed by atoms with Crippen molar-refractivity contribution in [1.29, 1.82) is 0 Å². The zero-order chi connectivity index (χ0) is 10.8. The van der Waals surface area contributed by atoms with E-state index >= 15 is 0 Å². The van der Waals surface area contributed by atoms with E-state index in [1.165, 1.54) is 25.2 Å². The van der Waals surface area contributed by atoms with Gasteiger partial charge >= 0.3 is 0 Å². The van der Waals surface area contributed by atoms with E-state index in [0.717, 1.165) is 0 Å². The highest BCUT2D eigenvalue weighted by molar-refractivity contribution is 7.90. The number of rotatable bonds is 3. The summed E-state index contributed by atoms with van der Waals surface area (Å²) in [6.45, 7) is 0. The maximum absolute atomic E-state index is 11.0. The standard InChI is InChI=1S/C7H9ClN2O3S/c1-9-14(12,13)10-5-2-3-7(11)6(8)4-5/h2-4,9-11H,1H3. The van der Waals surface area contributed by atoms with Crippen LogP contribution in [-0.2, 0) is 10.2 Å². The number of phenols is 1. The maximum Gasteiger partial charge on any atom is 0.298 e. The quantitative estimate of drug-likeness (QED) is 0.683. The minimum absolute atomic E-state index is 0.0845. The number of aromatic hydroxyl groups is 1. The normalized spacial score (nSPS) is 11.3. The van der Waals surface area contributed by atoms with Gasteiger partial charge in [-0.25, -0.2) is 4.72 Å². The van der Waals surface area contributed by atoms with E-state index in [1.807, 2.05) is 0 Å². The van der Waals surface area contributed by atoms with Crippen LogP contribution in [0, 0.1) is 0 Å². The lowest BCUT2D eigenvalue weighted by atomic mass is 10.3. The van der Waals surface area contributed by atoms with Gasteiger partial charge in [0.15, 0.2) is 0 Å². The molecule has 0 unspecified atom stereocenters. The van der Waals surface area contributed by atoms with Gasteiger partial charge in [0.25, 0.3) is 10.2 Å². The SMILES string of the molecule is CNS(=O)(=O)Nc1ccc(O)c(Cl)c1. The molecule has 0 saturated carbocycles. The number of hydrogen-bond donors (Lipinski definition) is 3. The lowest BCUT2D eigenvalue weighted by Crippen LogP contribution is -2.26. The van der Waals surface area contributed by atoms with E-state index in [-0.39, 0.29) is 16.5 Å². The van der Waals surface area contributed by atoms with Gasteiger partial charge in [0.05, 0.1) is 10.7 Å². The van der Waals surface area contributed by atoms with Crippen LogP contribution in [-0.4, -0.2) is 20.6 Å². The molecule has 0 aliphatic heterocycles. The fraction of sp³-hybridized carbons (Fsp3) is 0.143. The predicted molar refractivity (Wildman–Crippen MR) is 54.7 cm³/mol. The Labute approximate surface area is 86.9 Å². The Morgan fingerprint density at radius 3 is 2.57 bits per heavy atom. The number of benzene rings is 1. The summed E-state index contributed by atoms with van der Waals surface area (Å²) >= 11 is 5.58. The first-order valence-electron chi connectivity index (χ1n) is 3.64. The van der Waals surface area contributed by atoms with Crippen LogP contribution in [0.15, 0.2) is 18.2 Å². The summed E-state index contributed by atoms with van der Waals surface area (Å²) in [5, 5.41) is 9.16. The maximum atomic E-state index is 11.0. The molecule has 1 aromatic rings. The fourth-order valence-corrected chi connectivity index (χ4v) is 1.50. The van der Waals surface area contributed by atoms with Crippen LogP contribution in [0.5, 0.6) is 5.75 Å². The van der Waals surface area contributed by atoms with Gasteiger partial charge in [-0.1, -0.05) is 11.6 Å². The third-order valence-corrected chi connectivity index (χ3v) is 2.81. The lowest BCUT2D eigenvalue weighted by Gasteiger charge is -2.06. The van der Waals surface area contributed by atoms with Crippen molar-refractivity contribution in [3.8, 4) is 5.75 Å². The molecule has 7 heteroatoms. The van der Waals surface area contributed by atoms with Gasteiger partial charge < -0.3 is 5.11 Å². The number of hydrogen-bond acceptors (Lipinski definition) is 3. The average molecular weight is 237 g/mol. The summed E-state index contributed by atoms with van der Waals surface area (Å²) in [6, 6.07) is 4.01. The van der Waals surface area contributed by atoms with Crippen molar-refractivity contribution in [2.45, 2.75) is 0 Å². The molecule has 0 fully saturated rings. The molecule has 5 nitrogen and oxygen atoms in total. The second kappa shape index (κ2) is 4.04. The number of anilines is 1. The predicted octanol–water partition coefficient (Wildman–Crippen LogP) is 0.922. The molecule has 0 heterocycles. The monoisotopic (exact) mass is 236 g/mol. The molecule has 0 radical (unpaired) electrons. The summed E-state index contributed by atoms with van der Waals surface area (Å²) in [7, 11) is -2.26. The molecule has 78 valence electrons. The molecule has 0 amide bonds. The smallest absolute Gasteiger partial charge is 0.298 e. The Kier molecular flexibility index (Phi) is 3.20. The van der Waals surface area contributed by atoms with Gasteiger partial charge in [-0.15, -0.1) is 0 Å². The molecule has 14 heavy (non-hydrogen) atoms. The van der Waals surface area contributed by atoms with Crippen LogP contribution in [0.3, 0.4) is 0 Å². The summed E-state index contributed by atoms with van der Waals surface area (Å²) in [5.41, 5.74) is 0.280. The van der Waals surface area contributed by atoms with E-state index in [4.69, 9.17) is 16.7 Å². The summed E-state index contributed by atoms with van der Waals surface area (Å²) in [5.74, 6) is -0.0981. The van der Waals surface area contributed by atoms with Gasteiger partial charge in [-0.05, 0) is 18.2 Å². The topological polar surface area (TPSA) is 78.4 Å². The molecule has 0 aliphatic carbocycles. The molecule has 0 aliphatic rings. The van der Waals surface area contributed by atoms with Crippen LogP contribution in [0.25, 0.3) is 0 Å². The molecule has 0 saturated heterocycles. The zero-order valence-electron chi connectivity index (χ0n) is 7.28. The first kappa shape index (κ1) is 11.1. The largest absolute Gasteiger partial charge is 0.506 e. The van der Waals surface area contributed by atoms with Crippen LogP contribution in [0.2, 0.25) is 5.02 Å². The fourth-order valence-electron chi connectivity index (χ4n) is 0.777. The highest BCUT2D eigenvalue weighted by Gasteiger charge is 2.07. The van der Waals surface area contributed by atoms with Gasteiger partial charge in [-0.3, -0.25) is 4.72 Å². The molecular formula is C7H9ClN2O3S. The van der Waals surface area contributed by atoms with Gasteiger partial charge in [0, 0.05) is 7.05 Å². The number of phenolic OH excluding ortho intramolecular Hbond substituents is 1. The number of nitrogens with one attached hydrogen (secondary N) is 2. The van der Waals surface area contributed by atoms with Gasteiger partial charge in [-0.2, -0.15) is 8.42 Å². The van der Waals surface area contributed by atoms with Crippen LogP contribution >= 0.6 is 11.6 Å². The molecular weight excluding hydrogens is 228 g/mol. The molecule has 0 atom stereocenters. The second-order valence-corrected chi connectivity index (χ2v) is 4.50. The van der Waals surface area contributed by atoms with E-state index in [2.05, 4.69) is 9.44 Å². The Balaban J connectivity index is 2.94. The minimum Gasteiger partial charge on any atom is -0.506 e. The lowest BCUT2D eigenvalue weighted by molar-refractivity contribution is 0.475. The third-order valence-electron chi connectivity index (χ3n) is 1.47. The van der Waals surface area contributed by atoms with Crippen LogP contribution < -0.4 is 9.44 Å². The van der Waals surface area contributed by atoms with Crippen molar-refractivity contribution >= 4 is 27.5 Å².